The number of ether oxygens (including phenoxy) is 4. The van der Waals surface area contributed by atoms with Gasteiger partial charge < -0.3 is 45.0 Å². The minimum absolute atomic E-state index is 0.0624. The van der Waals surface area contributed by atoms with Crippen LogP contribution in [0.4, 0.5) is 15.4 Å². The molecule has 0 spiro atoms. The lowest BCUT2D eigenvalue weighted by molar-refractivity contribution is -0.0531. The Morgan fingerprint density at radius 1 is 1.21 bits per heavy atom. The molecule has 0 radical (unpaired) electrons. The standard InChI is InChI=1S/C26H38N6O7S4/c1-26(2,3)39-25(35)29-8-10-41-42-11-9-36-24(34)28-7-5-6-17-13-32(23-21(17)22(27)30-15-31-23)20-12-18(19(14-33)38-20)37-16-43-40-4/h13,15,18-20,33H,7-12,14,16H2,1-4H3,(H,28,34)(H,29,35)(H2,27,30,31)/t18?,19-,20-/m1/s1. The van der Waals surface area contributed by atoms with E-state index in [1.165, 1.54) is 17.1 Å². The number of carbonyl (C=O) groups is 2. The summed E-state index contributed by atoms with van der Waals surface area (Å²) in [7, 11) is 6.28. The number of hydrogen-bond donors (Lipinski definition) is 4. The molecule has 3 rings (SSSR count). The van der Waals surface area contributed by atoms with E-state index in [1.807, 2.05) is 31.6 Å². The highest BCUT2D eigenvalue weighted by Gasteiger charge is 2.37. The zero-order chi connectivity index (χ0) is 31.2. The molecular weight excluding hydrogens is 637 g/mol. The van der Waals surface area contributed by atoms with E-state index in [0.29, 0.717) is 47.0 Å². The fourth-order valence-corrected chi connectivity index (χ4v) is 6.41. The maximum atomic E-state index is 12.0. The minimum Gasteiger partial charge on any atom is -0.449 e. The third kappa shape index (κ3) is 11.7. The molecule has 2 aromatic heterocycles. The van der Waals surface area contributed by atoms with Gasteiger partial charge in [-0.05, 0) is 27.0 Å². The molecule has 5 N–H and O–H groups in total. The molecule has 1 aliphatic rings. The largest absolute Gasteiger partial charge is 0.449 e. The Morgan fingerprint density at radius 3 is 2.74 bits per heavy atom. The van der Waals surface area contributed by atoms with Crippen molar-refractivity contribution in [3.63, 3.8) is 0 Å². The number of aliphatic hydroxyl groups is 1. The molecule has 0 saturated carbocycles. The van der Waals surface area contributed by atoms with Crippen LogP contribution in [-0.2, 0) is 18.9 Å². The normalized spacial score (nSPS) is 18.2. The zero-order valence-electron chi connectivity index (χ0n) is 24.5. The topological polar surface area (TPSA) is 172 Å². The van der Waals surface area contributed by atoms with E-state index >= 15 is 0 Å². The second kappa shape index (κ2) is 17.9. The average molecular weight is 675 g/mol. The van der Waals surface area contributed by atoms with Crippen LogP contribution in [0.15, 0.2) is 12.5 Å². The van der Waals surface area contributed by atoms with Crippen molar-refractivity contribution in [1.29, 1.82) is 0 Å². The number of nitrogen functional groups attached to an aromatic ring is 1. The van der Waals surface area contributed by atoms with Gasteiger partial charge in [-0.15, -0.1) is 0 Å². The number of rotatable bonds is 14. The second-order valence-corrected chi connectivity index (χ2v) is 15.1. The summed E-state index contributed by atoms with van der Waals surface area (Å²) >= 11 is 0. The van der Waals surface area contributed by atoms with Gasteiger partial charge in [-0.25, -0.2) is 19.6 Å². The minimum atomic E-state index is -0.572. The maximum Gasteiger partial charge on any atom is 0.407 e. The summed E-state index contributed by atoms with van der Waals surface area (Å²) < 4.78 is 24.2. The zero-order valence-corrected chi connectivity index (χ0v) is 27.8. The van der Waals surface area contributed by atoms with Gasteiger partial charge >= 0.3 is 12.2 Å². The number of nitrogens with two attached hydrogens (primary N) is 1. The predicted molar refractivity (Wildman–Crippen MR) is 174 cm³/mol. The van der Waals surface area contributed by atoms with Crippen molar-refractivity contribution >= 4 is 72.2 Å². The van der Waals surface area contributed by atoms with Gasteiger partial charge in [0.2, 0.25) is 0 Å². The van der Waals surface area contributed by atoms with E-state index in [9.17, 15) is 14.7 Å². The van der Waals surface area contributed by atoms with Crippen LogP contribution in [0.1, 0.15) is 39.0 Å². The van der Waals surface area contributed by atoms with Crippen LogP contribution >= 0.6 is 43.2 Å². The highest BCUT2D eigenvalue weighted by atomic mass is 33.1. The smallest absolute Gasteiger partial charge is 0.407 e. The van der Waals surface area contributed by atoms with E-state index in [1.54, 1.807) is 38.6 Å². The molecule has 1 unspecified atom stereocenters. The molecule has 0 bridgehead atoms. The summed E-state index contributed by atoms with van der Waals surface area (Å²) in [6, 6.07) is 0. The van der Waals surface area contributed by atoms with Gasteiger partial charge in [0.1, 0.15) is 48.3 Å². The lowest BCUT2D eigenvalue weighted by atomic mass is 10.2. The van der Waals surface area contributed by atoms with Gasteiger partial charge in [0.25, 0.3) is 0 Å². The molecule has 2 aromatic rings. The van der Waals surface area contributed by atoms with Crippen LogP contribution in [0.3, 0.4) is 0 Å². The lowest BCUT2D eigenvalue weighted by Crippen LogP contribution is -2.33. The molecule has 2 amide bonds. The number of nitrogens with zero attached hydrogens (tertiary/aromatic N) is 3. The van der Waals surface area contributed by atoms with Gasteiger partial charge in [-0.1, -0.05) is 55.0 Å². The van der Waals surface area contributed by atoms with Crippen molar-refractivity contribution in [2.45, 2.75) is 51.2 Å². The Balaban J connectivity index is 1.44. The van der Waals surface area contributed by atoms with Crippen molar-refractivity contribution in [2.75, 3.05) is 55.7 Å². The van der Waals surface area contributed by atoms with E-state index in [4.69, 9.17) is 24.7 Å². The fraction of sp³-hybridized carbons (Fsp3) is 0.615. The first-order valence-corrected chi connectivity index (χ1v) is 18.6. The van der Waals surface area contributed by atoms with Crippen molar-refractivity contribution in [1.82, 2.24) is 25.2 Å². The summed E-state index contributed by atoms with van der Waals surface area (Å²) in [4.78, 5) is 32.1. The Kier molecular flexibility index (Phi) is 14.7. The third-order valence-electron chi connectivity index (χ3n) is 5.64. The van der Waals surface area contributed by atoms with Crippen LogP contribution in [0.25, 0.3) is 11.0 Å². The number of carbonyl (C=O) groups excluding carboxylic acids is 2. The molecule has 1 aliphatic heterocycles. The van der Waals surface area contributed by atoms with Crippen LogP contribution in [0, 0.1) is 11.8 Å². The molecule has 0 aliphatic carbocycles. The number of fused-ring (bicyclic) bond motifs is 1. The number of alkyl carbamates (subject to hydrolysis) is 2. The van der Waals surface area contributed by atoms with Gasteiger partial charge in [-0.3, -0.25) is 0 Å². The molecule has 3 heterocycles. The molecule has 1 saturated heterocycles. The monoisotopic (exact) mass is 674 g/mol. The van der Waals surface area contributed by atoms with Gasteiger partial charge in [0, 0.05) is 30.7 Å². The first-order chi connectivity index (χ1) is 20.6. The first kappa shape index (κ1) is 35.3. The number of nitrogens with one attached hydrogen (secondary N) is 2. The first-order valence-electron chi connectivity index (χ1n) is 13.4. The molecule has 13 nitrogen and oxygen atoms in total. The van der Waals surface area contributed by atoms with Crippen LogP contribution in [0.5, 0.6) is 0 Å². The average Bonchev–Trinajstić information content (AvgIpc) is 3.53. The molecule has 0 aromatic carbocycles. The quantitative estimate of drug-likeness (QED) is 0.0991. The molecule has 238 valence electrons. The highest BCUT2D eigenvalue weighted by molar-refractivity contribution is 8.76. The van der Waals surface area contributed by atoms with Gasteiger partial charge in [0.05, 0.1) is 30.2 Å². The summed E-state index contributed by atoms with van der Waals surface area (Å²) in [5, 5.41) is 15.7. The van der Waals surface area contributed by atoms with E-state index < -0.39 is 30.1 Å². The van der Waals surface area contributed by atoms with Crippen molar-refractivity contribution < 1.29 is 33.6 Å². The number of aliphatic hydroxyl groups excluding tert-OH is 1. The molecule has 17 heteroatoms. The SMILES string of the molecule is CSSCOC1C[C@H](n2cc(C#CCNC(=O)OCCSSCCNC(=O)OC(C)(C)C)c3c(N)ncnc32)O[C@@H]1CO. The predicted octanol–water partition coefficient (Wildman–Crippen LogP) is 3.63. The number of hydrogen-bond acceptors (Lipinski definition) is 14. The molecular formula is C26H38N6O7S4. The van der Waals surface area contributed by atoms with Crippen LogP contribution in [0.2, 0.25) is 0 Å². The van der Waals surface area contributed by atoms with Crippen molar-refractivity contribution in [3.05, 3.63) is 18.1 Å². The van der Waals surface area contributed by atoms with E-state index in [0.717, 1.165) is 0 Å². The third-order valence-corrected chi connectivity index (χ3v) is 9.47. The second-order valence-electron chi connectivity index (χ2n) is 9.93. The van der Waals surface area contributed by atoms with Crippen LogP contribution in [-0.4, -0.2) is 99.6 Å². The summed E-state index contributed by atoms with van der Waals surface area (Å²) in [6.45, 7) is 6.04. The number of amides is 2. The van der Waals surface area contributed by atoms with Crippen molar-refractivity contribution in [3.8, 4) is 11.8 Å². The summed E-state index contributed by atoms with van der Waals surface area (Å²) in [6.07, 6.45) is 3.48. The van der Waals surface area contributed by atoms with E-state index in [2.05, 4.69) is 32.4 Å². The summed E-state index contributed by atoms with van der Waals surface area (Å²) in [5.74, 6) is 8.00. The van der Waals surface area contributed by atoms with Crippen molar-refractivity contribution in [2.24, 2.45) is 0 Å². The lowest BCUT2D eigenvalue weighted by Gasteiger charge is -2.19. The highest BCUT2D eigenvalue weighted by Crippen LogP contribution is 2.36. The maximum absolute atomic E-state index is 12.0. The Labute approximate surface area is 267 Å². The Morgan fingerprint density at radius 2 is 2.00 bits per heavy atom. The van der Waals surface area contributed by atoms with E-state index in [-0.39, 0.29) is 31.7 Å². The van der Waals surface area contributed by atoms with Crippen LogP contribution < -0.4 is 16.4 Å². The number of anilines is 1. The number of aromatic nitrogens is 3. The van der Waals surface area contributed by atoms with Gasteiger partial charge in [0.15, 0.2) is 0 Å². The summed E-state index contributed by atoms with van der Waals surface area (Å²) in [5.41, 5.74) is 6.78. The Hall–Kier alpha value is -2.20. The molecule has 43 heavy (non-hydrogen) atoms. The fourth-order valence-electron chi connectivity index (χ4n) is 3.90. The van der Waals surface area contributed by atoms with Gasteiger partial charge in [-0.2, -0.15) is 0 Å². The molecule has 1 fully saturated rings. The molecule has 3 atom stereocenters. The Bertz CT molecular complexity index is 1270.